The molecule has 0 bridgehead atoms. The van der Waals surface area contributed by atoms with E-state index >= 15 is 0 Å². The van der Waals surface area contributed by atoms with E-state index in [1.54, 1.807) is 6.07 Å². The Kier molecular flexibility index (Phi) is 6.08. The van der Waals surface area contributed by atoms with Crippen molar-refractivity contribution in [1.82, 2.24) is 5.32 Å². The SMILES string of the molecule is CCCC(C)(NC(=O)/C=C/c1cc(Br)ccc1F)C(=O)O. The molecule has 21 heavy (non-hydrogen) atoms. The molecule has 0 spiro atoms. The summed E-state index contributed by atoms with van der Waals surface area (Å²) in [5.41, 5.74) is -1.08. The lowest BCUT2D eigenvalue weighted by atomic mass is 9.96. The topological polar surface area (TPSA) is 66.4 Å². The van der Waals surface area contributed by atoms with Gasteiger partial charge in [-0.2, -0.15) is 0 Å². The number of carboxylic acid groups (broad SMARTS) is 1. The van der Waals surface area contributed by atoms with Crippen molar-refractivity contribution in [3.8, 4) is 0 Å². The van der Waals surface area contributed by atoms with Crippen LogP contribution in [0, 0.1) is 5.82 Å². The molecule has 1 aromatic rings. The molecule has 2 N–H and O–H groups in total. The molecule has 1 rings (SSSR count). The summed E-state index contributed by atoms with van der Waals surface area (Å²) < 4.78 is 14.2. The third-order valence-electron chi connectivity index (χ3n) is 2.99. The van der Waals surface area contributed by atoms with Crippen LogP contribution in [-0.4, -0.2) is 22.5 Å². The van der Waals surface area contributed by atoms with Crippen LogP contribution in [0.3, 0.4) is 0 Å². The molecule has 1 unspecified atom stereocenters. The van der Waals surface area contributed by atoms with E-state index in [1.165, 1.54) is 25.1 Å². The molecule has 1 amide bonds. The van der Waals surface area contributed by atoms with Crippen LogP contribution in [0.5, 0.6) is 0 Å². The van der Waals surface area contributed by atoms with Crippen molar-refractivity contribution in [3.05, 3.63) is 40.1 Å². The Morgan fingerprint density at radius 1 is 1.48 bits per heavy atom. The van der Waals surface area contributed by atoms with Gasteiger partial charge in [-0.25, -0.2) is 9.18 Å². The van der Waals surface area contributed by atoms with Crippen LogP contribution in [0.15, 0.2) is 28.7 Å². The molecule has 0 aliphatic heterocycles. The number of halogens is 2. The van der Waals surface area contributed by atoms with E-state index in [-0.39, 0.29) is 5.56 Å². The van der Waals surface area contributed by atoms with Crippen molar-refractivity contribution >= 4 is 33.9 Å². The van der Waals surface area contributed by atoms with Crippen LogP contribution in [0.4, 0.5) is 4.39 Å². The third kappa shape index (κ3) is 4.97. The molecule has 1 aromatic carbocycles. The highest BCUT2D eigenvalue weighted by molar-refractivity contribution is 9.10. The van der Waals surface area contributed by atoms with Gasteiger partial charge in [0, 0.05) is 16.1 Å². The zero-order chi connectivity index (χ0) is 16.0. The second kappa shape index (κ2) is 7.36. The highest BCUT2D eigenvalue weighted by Gasteiger charge is 2.33. The summed E-state index contributed by atoms with van der Waals surface area (Å²) in [5.74, 6) is -2.13. The first-order valence-corrected chi connectivity index (χ1v) is 7.26. The lowest BCUT2D eigenvalue weighted by molar-refractivity contribution is -0.146. The van der Waals surface area contributed by atoms with Crippen LogP contribution in [0.2, 0.25) is 0 Å². The van der Waals surface area contributed by atoms with Crippen LogP contribution >= 0.6 is 15.9 Å². The van der Waals surface area contributed by atoms with Gasteiger partial charge < -0.3 is 10.4 Å². The molecule has 6 heteroatoms. The van der Waals surface area contributed by atoms with E-state index in [1.807, 2.05) is 6.92 Å². The summed E-state index contributed by atoms with van der Waals surface area (Å²) >= 11 is 3.21. The zero-order valence-corrected chi connectivity index (χ0v) is 13.4. The van der Waals surface area contributed by atoms with E-state index in [0.29, 0.717) is 17.3 Å². The Labute approximate surface area is 131 Å². The van der Waals surface area contributed by atoms with E-state index < -0.39 is 23.2 Å². The fourth-order valence-corrected chi connectivity index (χ4v) is 2.22. The second-order valence-electron chi connectivity index (χ2n) is 4.88. The molecule has 0 aliphatic carbocycles. The van der Waals surface area contributed by atoms with Crippen molar-refractivity contribution in [1.29, 1.82) is 0 Å². The van der Waals surface area contributed by atoms with Gasteiger partial charge in [0.25, 0.3) is 0 Å². The first-order chi connectivity index (χ1) is 9.78. The molecule has 114 valence electrons. The molecule has 4 nitrogen and oxygen atoms in total. The lowest BCUT2D eigenvalue weighted by Gasteiger charge is -2.24. The second-order valence-corrected chi connectivity index (χ2v) is 5.79. The predicted octanol–water partition coefficient (Wildman–Crippen LogP) is 3.36. The number of carbonyl (C=O) groups excluding carboxylic acids is 1. The van der Waals surface area contributed by atoms with Gasteiger partial charge in [0.15, 0.2) is 0 Å². The Bertz CT molecular complexity index is 574. The van der Waals surface area contributed by atoms with E-state index in [4.69, 9.17) is 0 Å². The monoisotopic (exact) mass is 357 g/mol. The molecule has 1 atom stereocenters. The van der Waals surface area contributed by atoms with Crippen LogP contribution in [0.25, 0.3) is 6.08 Å². The standard InChI is InChI=1S/C15H17BrFNO3/c1-3-8-15(2,14(20)21)18-13(19)7-4-10-9-11(16)5-6-12(10)17/h4-7,9H,3,8H2,1-2H3,(H,18,19)(H,20,21)/b7-4+. The number of aliphatic carboxylic acids is 1. The molecular formula is C15H17BrFNO3. The Morgan fingerprint density at radius 3 is 2.71 bits per heavy atom. The van der Waals surface area contributed by atoms with Gasteiger partial charge in [-0.1, -0.05) is 29.3 Å². The first-order valence-electron chi connectivity index (χ1n) is 6.47. The van der Waals surface area contributed by atoms with E-state index in [0.717, 1.165) is 6.08 Å². The fraction of sp³-hybridized carbons (Fsp3) is 0.333. The predicted molar refractivity (Wildman–Crippen MR) is 82.2 cm³/mol. The van der Waals surface area contributed by atoms with Gasteiger partial charge in [0.2, 0.25) is 5.91 Å². The number of benzene rings is 1. The zero-order valence-electron chi connectivity index (χ0n) is 11.8. The average Bonchev–Trinajstić information content (AvgIpc) is 2.40. The molecule has 0 aliphatic rings. The van der Waals surface area contributed by atoms with Crippen LogP contribution in [-0.2, 0) is 9.59 Å². The molecule has 0 heterocycles. The van der Waals surface area contributed by atoms with Gasteiger partial charge in [0.05, 0.1) is 0 Å². The fourth-order valence-electron chi connectivity index (χ4n) is 1.84. The maximum Gasteiger partial charge on any atom is 0.329 e. The Morgan fingerprint density at radius 2 is 2.14 bits per heavy atom. The van der Waals surface area contributed by atoms with Crippen LogP contribution < -0.4 is 5.32 Å². The van der Waals surface area contributed by atoms with Crippen molar-refractivity contribution in [3.63, 3.8) is 0 Å². The number of hydrogen-bond acceptors (Lipinski definition) is 2. The number of nitrogens with one attached hydrogen (secondary N) is 1. The number of carboxylic acids is 1. The highest BCUT2D eigenvalue weighted by atomic mass is 79.9. The Balaban J connectivity index is 2.83. The number of carbonyl (C=O) groups is 2. The van der Waals surface area contributed by atoms with Crippen molar-refractivity contribution in [2.75, 3.05) is 0 Å². The lowest BCUT2D eigenvalue weighted by Crippen LogP contribution is -2.51. The molecule has 0 saturated heterocycles. The van der Waals surface area contributed by atoms with Gasteiger partial charge in [-0.15, -0.1) is 0 Å². The van der Waals surface area contributed by atoms with Gasteiger partial charge in [0.1, 0.15) is 11.4 Å². The molecule has 0 radical (unpaired) electrons. The minimum Gasteiger partial charge on any atom is -0.480 e. The summed E-state index contributed by atoms with van der Waals surface area (Å²) in [6, 6.07) is 4.36. The summed E-state index contributed by atoms with van der Waals surface area (Å²) in [5, 5.41) is 11.6. The highest BCUT2D eigenvalue weighted by Crippen LogP contribution is 2.17. The first kappa shape index (κ1) is 17.4. The number of amides is 1. The Hall–Kier alpha value is -1.69. The number of rotatable bonds is 6. The largest absolute Gasteiger partial charge is 0.480 e. The van der Waals surface area contributed by atoms with E-state index in [9.17, 15) is 19.1 Å². The summed E-state index contributed by atoms with van der Waals surface area (Å²) in [6.07, 6.45) is 3.37. The molecule has 0 fully saturated rings. The third-order valence-corrected chi connectivity index (χ3v) is 3.49. The van der Waals surface area contributed by atoms with Gasteiger partial charge in [-0.3, -0.25) is 4.79 Å². The van der Waals surface area contributed by atoms with Crippen molar-refractivity contribution in [2.24, 2.45) is 0 Å². The van der Waals surface area contributed by atoms with Crippen molar-refractivity contribution in [2.45, 2.75) is 32.2 Å². The molecule has 0 aromatic heterocycles. The smallest absolute Gasteiger partial charge is 0.329 e. The van der Waals surface area contributed by atoms with E-state index in [2.05, 4.69) is 21.2 Å². The maximum absolute atomic E-state index is 13.5. The van der Waals surface area contributed by atoms with Gasteiger partial charge >= 0.3 is 5.97 Å². The number of hydrogen-bond donors (Lipinski definition) is 2. The summed E-state index contributed by atoms with van der Waals surface area (Å²) in [4.78, 5) is 23.0. The molecular weight excluding hydrogens is 341 g/mol. The normalized spacial score (nSPS) is 13.9. The maximum atomic E-state index is 13.5. The minimum absolute atomic E-state index is 0.243. The van der Waals surface area contributed by atoms with Gasteiger partial charge in [-0.05, 0) is 37.6 Å². The quantitative estimate of drug-likeness (QED) is 0.767. The van der Waals surface area contributed by atoms with Crippen molar-refractivity contribution < 1.29 is 19.1 Å². The summed E-state index contributed by atoms with van der Waals surface area (Å²) in [7, 11) is 0. The minimum atomic E-state index is -1.33. The average molecular weight is 358 g/mol. The van der Waals surface area contributed by atoms with Crippen LogP contribution in [0.1, 0.15) is 32.3 Å². The molecule has 0 saturated carbocycles. The summed E-state index contributed by atoms with van der Waals surface area (Å²) in [6.45, 7) is 3.28.